The number of methoxy groups -OCH3 is 4. The van der Waals surface area contributed by atoms with Gasteiger partial charge in [-0.3, -0.25) is 4.90 Å². The minimum absolute atomic E-state index is 0.131. The largest absolute Gasteiger partial charge is 0.497 e. The number of nitrogens with zero attached hydrogens (tertiary/aromatic N) is 2. The van der Waals surface area contributed by atoms with Crippen LogP contribution in [0.3, 0.4) is 0 Å². The van der Waals surface area contributed by atoms with E-state index in [2.05, 4.69) is 115 Å². The van der Waals surface area contributed by atoms with Gasteiger partial charge in [0.05, 0.1) is 34.5 Å². The van der Waals surface area contributed by atoms with Gasteiger partial charge in [0.2, 0.25) is 0 Å². The molecule has 7 nitrogen and oxygen atoms in total. The maximum absolute atomic E-state index is 5.76. The smallest absolute Gasteiger partial charge is 0.163 e. The Bertz CT molecular complexity index is 1730. The normalized spacial score (nSPS) is 17.0. The Morgan fingerprint density at radius 2 is 1.71 bits per heavy atom. The maximum Gasteiger partial charge on any atom is 0.163 e. The van der Waals surface area contributed by atoms with E-state index in [0.29, 0.717) is 6.04 Å². The van der Waals surface area contributed by atoms with Gasteiger partial charge in [-0.2, -0.15) is 0 Å². The first-order valence-electron chi connectivity index (χ1n) is 18.0. The molecule has 3 aromatic rings. The first kappa shape index (κ1) is 37.4. The molecule has 7 heteroatoms. The Hall–Kier alpha value is -4.88. The van der Waals surface area contributed by atoms with Crippen molar-refractivity contribution in [2.45, 2.75) is 51.6 Å². The molecule has 1 saturated heterocycles. The summed E-state index contributed by atoms with van der Waals surface area (Å²) >= 11 is 0. The van der Waals surface area contributed by atoms with Crippen LogP contribution in [0.5, 0.6) is 23.0 Å². The van der Waals surface area contributed by atoms with Crippen LogP contribution >= 0.6 is 0 Å². The second-order valence-corrected chi connectivity index (χ2v) is 13.3. The zero-order valence-corrected chi connectivity index (χ0v) is 31.3. The Labute approximate surface area is 305 Å². The molecule has 1 fully saturated rings. The predicted molar refractivity (Wildman–Crippen MR) is 211 cm³/mol. The summed E-state index contributed by atoms with van der Waals surface area (Å²) in [5.74, 6) is 3.32. The van der Waals surface area contributed by atoms with E-state index in [0.717, 1.165) is 86.0 Å². The lowest BCUT2D eigenvalue weighted by Crippen LogP contribution is -2.46. The molecule has 2 aliphatic rings. The molecule has 0 radical (unpaired) electrons. The molecule has 0 amide bonds. The van der Waals surface area contributed by atoms with Crippen molar-refractivity contribution in [2.75, 3.05) is 59.5 Å². The molecule has 2 aliphatic heterocycles. The first-order valence-corrected chi connectivity index (χ1v) is 18.0. The summed E-state index contributed by atoms with van der Waals surface area (Å²) in [5.41, 5.74) is 8.38. The summed E-state index contributed by atoms with van der Waals surface area (Å²) in [6.45, 7) is 12.2. The van der Waals surface area contributed by atoms with E-state index < -0.39 is 0 Å². The zero-order valence-electron chi connectivity index (χ0n) is 31.3. The molecule has 51 heavy (non-hydrogen) atoms. The molecule has 1 atom stereocenters. The number of hydrogen-bond acceptors (Lipinski definition) is 7. The number of hydrogen-bond donors (Lipinski definition) is 1. The number of nitrogens with one attached hydrogen (secondary N) is 1. The van der Waals surface area contributed by atoms with E-state index in [1.807, 2.05) is 18.2 Å². The van der Waals surface area contributed by atoms with Crippen LogP contribution in [-0.2, 0) is 6.42 Å². The zero-order chi connectivity index (χ0) is 36.2. The summed E-state index contributed by atoms with van der Waals surface area (Å²) in [4.78, 5) is 5.15. The van der Waals surface area contributed by atoms with Gasteiger partial charge in [0, 0.05) is 37.9 Å². The van der Waals surface area contributed by atoms with Crippen LogP contribution in [0.25, 0.3) is 5.57 Å². The SMILES string of the molecule is C=C/C=C(\C=C(/C)c1cc(CCC)c(OC)c(OC)c1)CN(c1ccc(OC)cc1)C1CCN(CC2=CC(c3cccc(OC)c3)NC=C2)CC1. The third-order valence-electron chi connectivity index (χ3n) is 9.83. The molecule has 1 N–H and O–H groups in total. The predicted octanol–water partition coefficient (Wildman–Crippen LogP) is 8.94. The number of piperidine rings is 1. The number of anilines is 1. The van der Waals surface area contributed by atoms with Crippen LogP contribution in [-0.4, -0.2) is 65.6 Å². The third kappa shape index (κ3) is 9.67. The van der Waals surface area contributed by atoms with Crippen LogP contribution in [0.1, 0.15) is 55.8 Å². The fraction of sp³-hybridized carbons (Fsp3) is 0.364. The Morgan fingerprint density at radius 1 is 0.941 bits per heavy atom. The van der Waals surface area contributed by atoms with E-state index in [1.54, 1.807) is 28.4 Å². The fourth-order valence-electron chi connectivity index (χ4n) is 7.14. The van der Waals surface area contributed by atoms with Crippen molar-refractivity contribution in [3.63, 3.8) is 0 Å². The molecule has 1 unspecified atom stereocenters. The summed E-state index contributed by atoms with van der Waals surface area (Å²) in [6, 6.07) is 21.6. The number of dihydropyridines is 1. The van der Waals surface area contributed by atoms with E-state index in [1.165, 1.54) is 28.0 Å². The van der Waals surface area contributed by atoms with Gasteiger partial charge >= 0.3 is 0 Å². The van der Waals surface area contributed by atoms with Gasteiger partial charge in [-0.05, 0) is 120 Å². The standard InChI is InChI=1S/C44H55N3O4/c1-8-11-33(25-32(3)37-27-36(12-9-2)44(51-7)43(29-37)50-6)31-47(38-15-17-40(48-4)18-16-38)39-20-23-46(24-21-39)30-34-19-22-45-42(26-34)35-13-10-14-41(28-35)49-5/h8,10-11,13-19,22,25-29,39,42,45H,1,9,12,20-21,23-24,30-31H2,2-7H3/b32-25+,33-11+. The summed E-state index contributed by atoms with van der Waals surface area (Å²) in [7, 11) is 6.85. The Morgan fingerprint density at radius 3 is 2.37 bits per heavy atom. The first-order chi connectivity index (χ1) is 24.9. The second kappa shape index (κ2) is 18.4. The molecule has 0 saturated carbocycles. The van der Waals surface area contributed by atoms with E-state index >= 15 is 0 Å². The van der Waals surface area contributed by atoms with Crippen molar-refractivity contribution in [3.05, 3.63) is 132 Å². The van der Waals surface area contributed by atoms with Crippen LogP contribution < -0.4 is 29.2 Å². The number of benzene rings is 3. The van der Waals surface area contributed by atoms with Crippen molar-refractivity contribution in [1.82, 2.24) is 10.2 Å². The lowest BCUT2D eigenvalue weighted by molar-refractivity contribution is 0.225. The van der Waals surface area contributed by atoms with Crippen LogP contribution in [0, 0.1) is 0 Å². The highest BCUT2D eigenvalue weighted by molar-refractivity contribution is 5.71. The summed E-state index contributed by atoms with van der Waals surface area (Å²) in [6.07, 6.45) is 17.0. The van der Waals surface area contributed by atoms with Gasteiger partial charge in [0.25, 0.3) is 0 Å². The van der Waals surface area contributed by atoms with Gasteiger partial charge in [-0.1, -0.05) is 56.4 Å². The van der Waals surface area contributed by atoms with Gasteiger partial charge in [-0.25, -0.2) is 0 Å². The quantitative estimate of drug-likeness (QED) is 0.151. The molecule has 270 valence electrons. The van der Waals surface area contributed by atoms with Gasteiger partial charge in [0.15, 0.2) is 11.5 Å². The highest BCUT2D eigenvalue weighted by atomic mass is 16.5. The highest BCUT2D eigenvalue weighted by Crippen LogP contribution is 2.36. The maximum atomic E-state index is 5.76. The van der Waals surface area contributed by atoms with Gasteiger partial charge in [-0.15, -0.1) is 0 Å². The molecule has 0 aliphatic carbocycles. The monoisotopic (exact) mass is 689 g/mol. The molecule has 0 aromatic heterocycles. The Kier molecular flexibility index (Phi) is 13.5. The number of likely N-dealkylation sites (tertiary alicyclic amines) is 1. The van der Waals surface area contributed by atoms with Crippen LogP contribution in [0.4, 0.5) is 5.69 Å². The van der Waals surface area contributed by atoms with Crippen molar-refractivity contribution >= 4 is 11.3 Å². The minimum Gasteiger partial charge on any atom is -0.497 e. The van der Waals surface area contributed by atoms with Crippen molar-refractivity contribution in [2.24, 2.45) is 0 Å². The molecule has 0 bridgehead atoms. The molecule has 3 aromatic carbocycles. The Balaban J connectivity index is 1.34. The fourth-order valence-corrected chi connectivity index (χ4v) is 7.14. The van der Waals surface area contributed by atoms with Crippen molar-refractivity contribution in [1.29, 1.82) is 0 Å². The average molecular weight is 690 g/mol. The van der Waals surface area contributed by atoms with Gasteiger partial charge < -0.3 is 29.2 Å². The molecular weight excluding hydrogens is 635 g/mol. The lowest BCUT2D eigenvalue weighted by Gasteiger charge is -2.40. The van der Waals surface area contributed by atoms with Crippen molar-refractivity contribution in [3.8, 4) is 23.0 Å². The summed E-state index contributed by atoms with van der Waals surface area (Å²) in [5, 5.41) is 3.50. The number of ether oxygens (including phenoxy) is 4. The van der Waals surface area contributed by atoms with E-state index in [4.69, 9.17) is 18.9 Å². The molecule has 2 heterocycles. The molecule has 0 spiro atoms. The number of rotatable bonds is 16. The van der Waals surface area contributed by atoms with E-state index in [9.17, 15) is 0 Å². The van der Waals surface area contributed by atoms with Crippen molar-refractivity contribution < 1.29 is 18.9 Å². The average Bonchev–Trinajstić information content (AvgIpc) is 3.17. The second-order valence-electron chi connectivity index (χ2n) is 13.3. The third-order valence-corrected chi connectivity index (χ3v) is 9.83. The molecule has 5 rings (SSSR count). The van der Waals surface area contributed by atoms with Crippen LogP contribution in [0.2, 0.25) is 0 Å². The minimum atomic E-state index is 0.131. The highest BCUT2D eigenvalue weighted by Gasteiger charge is 2.26. The van der Waals surface area contributed by atoms with Gasteiger partial charge in [0.1, 0.15) is 11.5 Å². The topological polar surface area (TPSA) is 55.4 Å². The lowest BCUT2D eigenvalue weighted by atomic mass is 9.97. The van der Waals surface area contributed by atoms with Crippen LogP contribution in [0.15, 0.2) is 115 Å². The summed E-state index contributed by atoms with van der Waals surface area (Å²) < 4.78 is 22.5. The number of allylic oxidation sites excluding steroid dienone is 3. The molecular formula is C44H55N3O4. The number of aryl methyl sites for hydroxylation is 1. The van der Waals surface area contributed by atoms with E-state index in [-0.39, 0.29) is 6.04 Å².